The molecule has 0 aromatic carbocycles. The molecule has 2 aromatic heterocycles. The van der Waals surface area contributed by atoms with Crippen LogP contribution in [0.1, 0.15) is 33.6 Å². The number of amides is 1. The lowest BCUT2D eigenvalue weighted by molar-refractivity contribution is -0.120. The molecule has 2 N–H and O–H groups in total. The highest BCUT2D eigenvalue weighted by Gasteiger charge is 2.16. The third-order valence-corrected chi connectivity index (χ3v) is 4.34. The molecule has 2 heterocycles. The molecule has 1 unspecified atom stereocenters. The summed E-state index contributed by atoms with van der Waals surface area (Å²) < 4.78 is 5.02. The molecule has 0 aliphatic rings. The van der Waals surface area contributed by atoms with E-state index >= 15 is 0 Å². The number of hydrogen-bond donors (Lipinski definition) is 2. The number of aromatic nitrogens is 1. The number of aryl methyl sites for hydroxylation is 3. The third-order valence-electron chi connectivity index (χ3n) is 3.22. The maximum Gasteiger partial charge on any atom is 0.224 e. The Morgan fingerprint density at radius 1 is 1.50 bits per heavy atom. The van der Waals surface area contributed by atoms with Gasteiger partial charge in [0.2, 0.25) is 5.91 Å². The Bertz CT molecular complexity index is 584. The van der Waals surface area contributed by atoms with E-state index in [-0.39, 0.29) is 18.9 Å². The second kappa shape index (κ2) is 6.19. The van der Waals surface area contributed by atoms with E-state index in [1.807, 2.05) is 25.3 Å². The Morgan fingerprint density at radius 3 is 2.80 bits per heavy atom. The van der Waals surface area contributed by atoms with E-state index < -0.39 is 6.10 Å². The van der Waals surface area contributed by atoms with Crippen molar-refractivity contribution >= 4 is 17.2 Å². The zero-order chi connectivity index (χ0) is 14.7. The first-order chi connectivity index (χ1) is 9.49. The largest absolute Gasteiger partial charge is 0.386 e. The molecule has 0 radical (unpaired) electrons. The molecular weight excluding hydrogens is 276 g/mol. The lowest BCUT2D eigenvalue weighted by Gasteiger charge is -2.11. The summed E-state index contributed by atoms with van der Waals surface area (Å²) in [4.78, 5) is 12.8. The third kappa shape index (κ3) is 3.26. The summed E-state index contributed by atoms with van der Waals surface area (Å²) in [7, 11) is 0. The predicted octanol–water partition coefficient (Wildman–Crippen LogP) is 2.05. The first-order valence-electron chi connectivity index (χ1n) is 6.39. The van der Waals surface area contributed by atoms with Gasteiger partial charge >= 0.3 is 0 Å². The summed E-state index contributed by atoms with van der Waals surface area (Å²) in [6.07, 6.45) is -0.444. The van der Waals surface area contributed by atoms with Crippen molar-refractivity contribution in [1.82, 2.24) is 10.5 Å². The highest BCUT2D eigenvalue weighted by molar-refractivity contribution is 7.10. The van der Waals surface area contributed by atoms with E-state index in [2.05, 4.69) is 10.5 Å². The van der Waals surface area contributed by atoms with Gasteiger partial charge in [-0.2, -0.15) is 0 Å². The van der Waals surface area contributed by atoms with E-state index in [9.17, 15) is 9.90 Å². The number of carbonyl (C=O) groups is 1. The Kier molecular flexibility index (Phi) is 4.57. The number of rotatable bonds is 5. The number of carbonyl (C=O) groups excluding carboxylic acids is 1. The number of thiophene rings is 1. The van der Waals surface area contributed by atoms with Crippen molar-refractivity contribution < 1.29 is 14.4 Å². The average molecular weight is 294 g/mol. The molecule has 1 amide bonds. The van der Waals surface area contributed by atoms with Gasteiger partial charge in [0.15, 0.2) is 0 Å². The minimum Gasteiger partial charge on any atom is -0.386 e. The molecule has 2 aromatic rings. The summed E-state index contributed by atoms with van der Waals surface area (Å²) in [6.45, 7) is 5.75. The lowest BCUT2D eigenvalue weighted by atomic mass is 10.1. The quantitative estimate of drug-likeness (QED) is 0.885. The Morgan fingerprint density at radius 2 is 2.25 bits per heavy atom. The summed E-state index contributed by atoms with van der Waals surface area (Å²) in [5, 5.41) is 18.5. The zero-order valence-corrected chi connectivity index (χ0v) is 12.6. The second-order valence-corrected chi connectivity index (χ2v) is 5.71. The summed E-state index contributed by atoms with van der Waals surface area (Å²) >= 11 is 1.49. The van der Waals surface area contributed by atoms with Crippen molar-refractivity contribution in [3.63, 3.8) is 0 Å². The molecular formula is C14H18N2O3S. The fourth-order valence-electron chi connectivity index (χ4n) is 2.01. The van der Waals surface area contributed by atoms with Crippen LogP contribution in [0.5, 0.6) is 0 Å². The van der Waals surface area contributed by atoms with Gasteiger partial charge in [-0.15, -0.1) is 11.3 Å². The molecule has 108 valence electrons. The molecule has 0 fully saturated rings. The Balaban J connectivity index is 1.88. The van der Waals surface area contributed by atoms with Gasteiger partial charge in [-0.05, 0) is 37.8 Å². The number of hydrogen-bond acceptors (Lipinski definition) is 5. The highest BCUT2D eigenvalue weighted by atomic mass is 32.1. The van der Waals surface area contributed by atoms with Gasteiger partial charge < -0.3 is 14.9 Å². The van der Waals surface area contributed by atoms with Crippen LogP contribution >= 0.6 is 11.3 Å². The van der Waals surface area contributed by atoms with Crippen LogP contribution in [-0.4, -0.2) is 22.7 Å². The van der Waals surface area contributed by atoms with Crippen LogP contribution in [0.2, 0.25) is 0 Å². The molecule has 1 atom stereocenters. The normalized spacial score (nSPS) is 12.4. The van der Waals surface area contributed by atoms with Gasteiger partial charge in [0, 0.05) is 17.0 Å². The fraction of sp³-hybridized carbons (Fsp3) is 0.429. The Hall–Kier alpha value is -1.66. The molecule has 0 aliphatic heterocycles. The standard InChI is InChI=1S/C14H18N2O3S/c1-8-4-5-20-14(8)12(17)7-15-13(18)6-11-9(2)16-19-10(11)3/h4-5,12,17H,6-7H2,1-3H3,(H,15,18). The first-order valence-corrected chi connectivity index (χ1v) is 7.27. The topological polar surface area (TPSA) is 75.4 Å². The molecule has 0 saturated heterocycles. The monoisotopic (exact) mass is 294 g/mol. The summed E-state index contributed by atoms with van der Waals surface area (Å²) in [6, 6.07) is 1.95. The van der Waals surface area contributed by atoms with Crippen molar-refractivity contribution in [1.29, 1.82) is 0 Å². The summed E-state index contributed by atoms with van der Waals surface area (Å²) in [5.74, 6) is 0.514. The van der Waals surface area contributed by atoms with Crippen LogP contribution in [0, 0.1) is 20.8 Å². The van der Waals surface area contributed by atoms with E-state index in [1.165, 1.54) is 11.3 Å². The number of aliphatic hydroxyl groups is 1. The van der Waals surface area contributed by atoms with Gasteiger partial charge in [0.25, 0.3) is 0 Å². The number of nitrogens with zero attached hydrogens (tertiary/aromatic N) is 1. The lowest BCUT2D eigenvalue weighted by Crippen LogP contribution is -2.29. The maximum atomic E-state index is 11.9. The second-order valence-electron chi connectivity index (χ2n) is 4.77. The molecule has 0 aliphatic carbocycles. The molecule has 0 spiro atoms. The SMILES string of the molecule is Cc1ccsc1C(O)CNC(=O)Cc1c(C)noc1C. The molecule has 5 nitrogen and oxygen atoms in total. The molecule has 0 saturated carbocycles. The van der Waals surface area contributed by atoms with Crippen LogP contribution in [-0.2, 0) is 11.2 Å². The van der Waals surface area contributed by atoms with Gasteiger partial charge in [-0.1, -0.05) is 5.16 Å². The van der Waals surface area contributed by atoms with Crippen molar-refractivity contribution in [3.8, 4) is 0 Å². The van der Waals surface area contributed by atoms with Crippen LogP contribution in [0.15, 0.2) is 16.0 Å². The predicted molar refractivity (Wildman–Crippen MR) is 76.7 cm³/mol. The van der Waals surface area contributed by atoms with E-state index in [0.29, 0.717) is 5.76 Å². The van der Waals surface area contributed by atoms with Crippen molar-refractivity contribution in [2.24, 2.45) is 0 Å². The smallest absolute Gasteiger partial charge is 0.224 e. The summed E-state index contributed by atoms with van der Waals surface area (Å²) in [5.41, 5.74) is 2.58. The molecule has 0 bridgehead atoms. The molecule has 20 heavy (non-hydrogen) atoms. The van der Waals surface area contributed by atoms with Crippen LogP contribution in [0.4, 0.5) is 0 Å². The van der Waals surface area contributed by atoms with Crippen LogP contribution < -0.4 is 5.32 Å². The van der Waals surface area contributed by atoms with Crippen molar-refractivity contribution in [3.05, 3.63) is 38.9 Å². The average Bonchev–Trinajstić information content (AvgIpc) is 2.96. The van der Waals surface area contributed by atoms with Gasteiger partial charge in [0.05, 0.1) is 12.1 Å². The zero-order valence-electron chi connectivity index (χ0n) is 11.8. The first kappa shape index (κ1) is 14.7. The van der Waals surface area contributed by atoms with Crippen LogP contribution in [0.3, 0.4) is 0 Å². The fourth-order valence-corrected chi connectivity index (χ4v) is 2.92. The number of aliphatic hydroxyl groups excluding tert-OH is 1. The highest BCUT2D eigenvalue weighted by Crippen LogP contribution is 2.23. The van der Waals surface area contributed by atoms with Gasteiger partial charge in [-0.25, -0.2) is 0 Å². The minimum absolute atomic E-state index is 0.146. The number of nitrogens with one attached hydrogen (secondary N) is 1. The maximum absolute atomic E-state index is 11.9. The van der Waals surface area contributed by atoms with E-state index in [0.717, 1.165) is 21.7 Å². The van der Waals surface area contributed by atoms with E-state index in [4.69, 9.17) is 4.52 Å². The van der Waals surface area contributed by atoms with Gasteiger partial charge in [0.1, 0.15) is 11.9 Å². The van der Waals surface area contributed by atoms with Crippen molar-refractivity contribution in [2.75, 3.05) is 6.54 Å². The molecule has 6 heteroatoms. The van der Waals surface area contributed by atoms with Gasteiger partial charge in [-0.3, -0.25) is 4.79 Å². The minimum atomic E-state index is -0.663. The van der Waals surface area contributed by atoms with Crippen LogP contribution in [0.25, 0.3) is 0 Å². The molecule has 2 rings (SSSR count). The Labute approximate surface area is 121 Å². The van der Waals surface area contributed by atoms with Crippen molar-refractivity contribution in [2.45, 2.75) is 33.3 Å². The van der Waals surface area contributed by atoms with E-state index in [1.54, 1.807) is 6.92 Å².